The van der Waals surface area contributed by atoms with Crippen molar-refractivity contribution in [2.75, 3.05) is 20.8 Å². The summed E-state index contributed by atoms with van der Waals surface area (Å²) >= 11 is 5.98. The Morgan fingerprint density at radius 3 is 2.61 bits per heavy atom. The van der Waals surface area contributed by atoms with Crippen LogP contribution in [0.5, 0.6) is 11.6 Å². The molecule has 0 aromatic carbocycles. The monoisotopic (exact) mass is 413 g/mol. The van der Waals surface area contributed by atoms with Crippen LogP contribution in [0, 0.1) is 0 Å². The van der Waals surface area contributed by atoms with Crippen LogP contribution in [0.4, 0.5) is 11.5 Å². The fourth-order valence-corrected chi connectivity index (χ4v) is 2.60. The van der Waals surface area contributed by atoms with Crippen LogP contribution < -0.4 is 5.56 Å². The zero-order valence-corrected chi connectivity index (χ0v) is 16.3. The SMILES string of the molecule is CCn1nc(N=Nc2c(O)c(CC(=O)OC)c(=O)n(CCOC)c2O)cc1Cl. The van der Waals surface area contributed by atoms with Gasteiger partial charge in [0.1, 0.15) is 5.15 Å². The molecule has 12 heteroatoms. The van der Waals surface area contributed by atoms with Crippen molar-refractivity contribution < 1.29 is 24.5 Å². The molecule has 152 valence electrons. The molecule has 0 aliphatic rings. The number of aromatic hydroxyl groups is 2. The van der Waals surface area contributed by atoms with Crippen LogP contribution in [-0.4, -0.2) is 51.4 Å². The molecule has 0 bridgehead atoms. The summed E-state index contributed by atoms with van der Waals surface area (Å²) < 4.78 is 11.9. The topological polar surface area (TPSA) is 141 Å². The number of esters is 1. The summed E-state index contributed by atoms with van der Waals surface area (Å²) in [6.07, 6.45) is -0.507. The molecule has 0 aliphatic heterocycles. The number of ether oxygens (including phenoxy) is 2. The van der Waals surface area contributed by atoms with Gasteiger partial charge in [-0.3, -0.25) is 18.8 Å². The molecule has 0 saturated carbocycles. The largest absolute Gasteiger partial charge is 0.505 e. The predicted octanol–water partition coefficient (Wildman–Crippen LogP) is 1.91. The lowest BCUT2D eigenvalue weighted by molar-refractivity contribution is -0.139. The molecule has 0 spiro atoms. The molecular formula is C16H20ClN5O6. The van der Waals surface area contributed by atoms with Gasteiger partial charge in [0.15, 0.2) is 17.3 Å². The summed E-state index contributed by atoms with van der Waals surface area (Å²) in [5, 5.41) is 32.9. The van der Waals surface area contributed by atoms with Crippen molar-refractivity contribution in [3.8, 4) is 11.6 Å². The van der Waals surface area contributed by atoms with E-state index in [0.29, 0.717) is 11.7 Å². The second-order valence-corrected chi connectivity index (χ2v) is 5.93. The van der Waals surface area contributed by atoms with Gasteiger partial charge in [0.05, 0.1) is 32.2 Å². The van der Waals surface area contributed by atoms with E-state index in [9.17, 15) is 19.8 Å². The number of nitrogens with zero attached hydrogens (tertiary/aromatic N) is 5. The van der Waals surface area contributed by atoms with Gasteiger partial charge in [-0.1, -0.05) is 11.6 Å². The first-order chi connectivity index (χ1) is 13.3. The van der Waals surface area contributed by atoms with Gasteiger partial charge in [-0.25, -0.2) is 0 Å². The molecule has 0 amide bonds. The summed E-state index contributed by atoms with van der Waals surface area (Å²) in [5.41, 5.74) is -1.45. The third-order valence-electron chi connectivity index (χ3n) is 3.82. The highest BCUT2D eigenvalue weighted by molar-refractivity contribution is 6.29. The highest BCUT2D eigenvalue weighted by Crippen LogP contribution is 2.38. The Kier molecular flexibility index (Phi) is 7.12. The minimum atomic E-state index is -0.769. The summed E-state index contributed by atoms with van der Waals surface area (Å²) in [6.45, 7) is 2.41. The van der Waals surface area contributed by atoms with Crippen LogP contribution in [0.2, 0.25) is 5.15 Å². The number of carbonyl (C=O) groups is 1. The zero-order valence-electron chi connectivity index (χ0n) is 15.5. The second-order valence-electron chi connectivity index (χ2n) is 5.54. The van der Waals surface area contributed by atoms with E-state index in [1.54, 1.807) is 0 Å². The van der Waals surface area contributed by atoms with E-state index in [1.807, 2.05) is 6.92 Å². The predicted molar refractivity (Wildman–Crippen MR) is 98.7 cm³/mol. The van der Waals surface area contributed by atoms with E-state index in [4.69, 9.17) is 16.3 Å². The Morgan fingerprint density at radius 1 is 1.32 bits per heavy atom. The Balaban J connectivity index is 2.56. The highest BCUT2D eigenvalue weighted by Gasteiger charge is 2.23. The number of aromatic nitrogens is 3. The van der Waals surface area contributed by atoms with Gasteiger partial charge in [-0.15, -0.1) is 15.3 Å². The Labute approximate surface area is 164 Å². The Hall–Kier alpha value is -2.92. The fraction of sp³-hybridized carbons (Fsp3) is 0.438. The van der Waals surface area contributed by atoms with E-state index in [-0.39, 0.29) is 24.5 Å². The summed E-state index contributed by atoms with van der Waals surface area (Å²) in [7, 11) is 2.57. The first-order valence-electron chi connectivity index (χ1n) is 8.22. The van der Waals surface area contributed by atoms with Crippen molar-refractivity contribution in [2.45, 2.75) is 26.4 Å². The fourth-order valence-electron chi connectivity index (χ4n) is 2.35. The van der Waals surface area contributed by atoms with Gasteiger partial charge in [0.25, 0.3) is 5.56 Å². The normalized spacial score (nSPS) is 11.3. The van der Waals surface area contributed by atoms with E-state index in [1.165, 1.54) is 17.9 Å². The van der Waals surface area contributed by atoms with Crippen molar-refractivity contribution in [3.05, 3.63) is 27.1 Å². The number of pyridine rings is 1. The summed E-state index contributed by atoms with van der Waals surface area (Å²) in [6, 6.07) is 1.44. The lowest BCUT2D eigenvalue weighted by atomic mass is 10.1. The first-order valence-corrected chi connectivity index (χ1v) is 8.60. The van der Waals surface area contributed by atoms with Gasteiger partial charge >= 0.3 is 5.97 Å². The molecule has 2 aromatic rings. The number of halogens is 1. The third-order valence-corrected chi connectivity index (χ3v) is 4.12. The van der Waals surface area contributed by atoms with Crippen LogP contribution in [-0.2, 0) is 33.8 Å². The molecule has 0 radical (unpaired) electrons. The van der Waals surface area contributed by atoms with E-state index in [2.05, 4.69) is 20.1 Å². The second kappa shape index (κ2) is 9.33. The van der Waals surface area contributed by atoms with Crippen molar-refractivity contribution in [3.63, 3.8) is 0 Å². The van der Waals surface area contributed by atoms with Gasteiger partial charge in [0, 0.05) is 19.7 Å². The third kappa shape index (κ3) is 4.49. The van der Waals surface area contributed by atoms with Gasteiger partial charge in [0.2, 0.25) is 5.88 Å². The molecule has 0 saturated heterocycles. The maximum atomic E-state index is 12.6. The zero-order chi connectivity index (χ0) is 20.8. The Morgan fingerprint density at radius 2 is 2.04 bits per heavy atom. The van der Waals surface area contributed by atoms with Crippen LogP contribution in [0.1, 0.15) is 12.5 Å². The maximum absolute atomic E-state index is 12.6. The first kappa shape index (κ1) is 21.4. The molecule has 2 heterocycles. The molecule has 0 fully saturated rings. The molecular weight excluding hydrogens is 394 g/mol. The van der Waals surface area contributed by atoms with Crippen LogP contribution in [0.25, 0.3) is 0 Å². The number of rotatable bonds is 8. The molecule has 2 aromatic heterocycles. The number of carbonyl (C=O) groups excluding carboxylic acids is 1. The van der Waals surface area contributed by atoms with Crippen molar-refractivity contribution in [2.24, 2.45) is 10.2 Å². The average Bonchev–Trinajstić information content (AvgIpc) is 3.04. The van der Waals surface area contributed by atoms with E-state index < -0.39 is 35.3 Å². The van der Waals surface area contributed by atoms with Crippen LogP contribution in [0.15, 0.2) is 21.1 Å². The standard InChI is InChI=1S/C16H20ClN5O6/c1-4-22-10(17)8-11(20-22)18-19-13-14(24)9(7-12(23)28-3)15(25)21(16(13)26)5-6-27-2/h8,24,26H,4-7H2,1-3H3. The van der Waals surface area contributed by atoms with Crippen LogP contribution >= 0.6 is 11.6 Å². The number of hydrogen-bond donors (Lipinski definition) is 2. The van der Waals surface area contributed by atoms with Gasteiger partial charge in [-0.05, 0) is 6.92 Å². The lowest BCUT2D eigenvalue weighted by Gasteiger charge is -2.14. The summed E-state index contributed by atoms with van der Waals surface area (Å²) in [5.74, 6) is -1.91. The molecule has 0 aliphatic carbocycles. The van der Waals surface area contributed by atoms with Gasteiger partial charge < -0.3 is 19.7 Å². The number of methoxy groups -OCH3 is 2. The summed E-state index contributed by atoms with van der Waals surface area (Å²) in [4.78, 5) is 24.2. The smallest absolute Gasteiger partial charge is 0.310 e. The minimum Gasteiger partial charge on any atom is -0.505 e. The molecule has 2 rings (SSSR count). The molecule has 2 N–H and O–H groups in total. The molecule has 28 heavy (non-hydrogen) atoms. The molecule has 0 atom stereocenters. The maximum Gasteiger partial charge on any atom is 0.310 e. The highest BCUT2D eigenvalue weighted by atomic mass is 35.5. The average molecular weight is 414 g/mol. The van der Waals surface area contributed by atoms with Crippen molar-refractivity contribution >= 4 is 29.1 Å². The number of aryl methyl sites for hydroxylation is 1. The quantitative estimate of drug-likeness (QED) is 0.497. The molecule has 0 unspecified atom stereocenters. The number of hydrogen-bond acceptors (Lipinski definition) is 9. The van der Waals surface area contributed by atoms with E-state index in [0.717, 1.165) is 11.7 Å². The minimum absolute atomic E-state index is 0.0333. The number of azo groups is 1. The Bertz CT molecular complexity index is 952. The van der Waals surface area contributed by atoms with Crippen molar-refractivity contribution in [1.29, 1.82) is 0 Å². The van der Waals surface area contributed by atoms with Crippen molar-refractivity contribution in [1.82, 2.24) is 14.3 Å². The van der Waals surface area contributed by atoms with Gasteiger partial charge in [-0.2, -0.15) is 0 Å². The van der Waals surface area contributed by atoms with E-state index >= 15 is 0 Å². The molecule has 11 nitrogen and oxygen atoms in total. The lowest BCUT2D eigenvalue weighted by Crippen LogP contribution is -2.27. The van der Waals surface area contributed by atoms with Crippen LogP contribution in [0.3, 0.4) is 0 Å².